The molecular formula is C12H22O17P2. The average molecular weight is 500 g/mol. The van der Waals surface area contributed by atoms with Crippen LogP contribution in [0.3, 0.4) is 0 Å². The lowest BCUT2D eigenvalue weighted by molar-refractivity contribution is -0.204. The Hall–Kier alpha value is -0.880. The number of ketones is 1. The Morgan fingerprint density at radius 1 is 1.06 bits per heavy atom. The molecule has 0 saturated carbocycles. The molecule has 0 spiro atoms. The van der Waals surface area contributed by atoms with Gasteiger partial charge in [-0.1, -0.05) is 0 Å². The number of aliphatic hydroxyl groups excluding tert-OH is 6. The molecule has 1 unspecified atom stereocenters. The average Bonchev–Trinajstić information content (AvgIpc) is 2.68. The maximum atomic E-state index is 11.9. The van der Waals surface area contributed by atoms with Crippen LogP contribution >= 0.6 is 15.6 Å². The van der Waals surface area contributed by atoms with E-state index in [0.29, 0.717) is 0 Å². The van der Waals surface area contributed by atoms with E-state index in [1.807, 2.05) is 0 Å². The van der Waals surface area contributed by atoms with Crippen molar-refractivity contribution in [1.82, 2.24) is 0 Å². The van der Waals surface area contributed by atoms with Gasteiger partial charge >= 0.3 is 21.6 Å². The molecule has 8 atom stereocenters. The number of phosphoric acid groups is 2. The topological polar surface area (TPSA) is 287 Å². The van der Waals surface area contributed by atoms with Gasteiger partial charge in [0.25, 0.3) is 0 Å². The zero-order valence-electron chi connectivity index (χ0n) is 15.3. The highest BCUT2D eigenvalue weighted by Crippen LogP contribution is 2.46. The van der Waals surface area contributed by atoms with Gasteiger partial charge in [0, 0.05) is 0 Å². The molecule has 1 aliphatic heterocycles. The number of carbonyl (C=O) groups excluding carboxylic acids is 2. The second-order valence-electron chi connectivity index (χ2n) is 6.16. The summed E-state index contributed by atoms with van der Waals surface area (Å²) in [7, 11) is -10.3. The van der Waals surface area contributed by atoms with Crippen LogP contribution in [0.4, 0.5) is 0 Å². The van der Waals surface area contributed by atoms with Crippen LogP contribution < -0.4 is 0 Å². The van der Waals surface area contributed by atoms with Gasteiger partial charge in [-0.05, 0) is 0 Å². The minimum Gasteiger partial charge on any atom is -0.455 e. The molecule has 1 rings (SSSR count). The predicted octanol–water partition coefficient (Wildman–Crippen LogP) is -5.11. The molecule has 0 aromatic rings. The van der Waals surface area contributed by atoms with E-state index in [4.69, 9.17) is 20.0 Å². The largest absolute Gasteiger partial charge is 0.473 e. The first kappa shape index (κ1) is 28.2. The SMILES string of the molecule is O=C(COP(=O)(O)O[C@H]1C(=O)O[C@H](COP(=O)(O)O)[C@@H](O)[C@@H]1O)[C@@H](O)[C@H](O)[C@@H](O)CO. The van der Waals surface area contributed by atoms with Gasteiger partial charge in [-0.3, -0.25) is 18.4 Å². The van der Waals surface area contributed by atoms with E-state index in [9.17, 15) is 44.0 Å². The number of cyclic esters (lactones) is 1. The minimum atomic E-state index is -5.33. The first-order valence-corrected chi connectivity index (χ1v) is 11.2. The Kier molecular flexibility index (Phi) is 10.3. The molecule has 0 amide bonds. The van der Waals surface area contributed by atoms with Crippen molar-refractivity contribution in [3.8, 4) is 0 Å². The van der Waals surface area contributed by atoms with Gasteiger partial charge in [-0.15, -0.1) is 0 Å². The summed E-state index contributed by atoms with van der Waals surface area (Å²) in [6.45, 7) is -3.44. The molecule has 1 saturated heterocycles. The fourth-order valence-corrected chi connectivity index (χ4v) is 3.34. The maximum absolute atomic E-state index is 11.9. The van der Waals surface area contributed by atoms with Gasteiger partial charge in [0.2, 0.25) is 0 Å². The smallest absolute Gasteiger partial charge is 0.455 e. The van der Waals surface area contributed by atoms with Gasteiger partial charge < -0.3 is 50.1 Å². The molecule has 9 N–H and O–H groups in total. The lowest BCUT2D eigenvalue weighted by atomic mass is 10.0. The van der Waals surface area contributed by atoms with E-state index < -0.39 is 89.9 Å². The van der Waals surface area contributed by atoms with Crippen molar-refractivity contribution in [1.29, 1.82) is 0 Å². The Morgan fingerprint density at radius 3 is 2.16 bits per heavy atom. The lowest BCUT2D eigenvalue weighted by Crippen LogP contribution is -2.57. The number of carbonyl (C=O) groups is 2. The summed E-state index contributed by atoms with van der Waals surface area (Å²) in [4.78, 5) is 50.3. The Labute approximate surface area is 173 Å². The minimum absolute atomic E-state index is 1.02. The number of phosphoric ester groups is 2. The third-order valence-electron chi connectivity index (χ3n) is 3.80. The van der Waals surface area contributed by atoms with Crippen LogP contribution in [0.1, 0.15) is 0 Å². The molecule has 0 radical (unpaired) electrons. The molecule has 0 bridgehead atoms. The summed E-state index contributed by atoms with van der Waals surface area (Å²) in [5.41, 5.74) is 0. The first-order chi connectivity index (χ1) is 14.1. The predicted molar refractivity (Wildman–Crippen MR) is 90.7 cm³/mol. The highest BCUT2D eigenvalue weighted by molar-refractivity contribution is 7.47. The van der Waals surface area contributed by atoms with Crippen LogP contribution in [-0.4, -0.2) is 120 Å². The lowest BCUT2D eigenvalue weighted by Gasteiger charge is -2.36. The van der Waals surface area contributed by atoms with E-state index in [0.717, 1.165) is 0 Å². The van der Waals surface area contributed by atoms with Gasteiger partial charge in [-0.25, -0.2) is 13.9 Å². The van der Waals surface area contributed by atoms with Gasteiger partial charge in [0.05, 0.1) is 13.2 Å². The summed E-state index contributed by atoms with van der Waals surface area (Å²) >= 11 is 0. The highest BCUT2D eigenvalue weighted by Gasteiger charge is 2.49. The maximum Gasteiger partial charge on any atom is 0.473 e. The molecule has 0 aromatic carbocycles. The molecule has 182 valence electrons. The fraction of sp³-hybridized carbons (Fsp3) is 0.833. The quantitative estimate of drug-likeness (QED) is 0.0894. The number of hydrogen-bond acceptors (Lipinski definition) is 14. The third-order valence-corrected chi connectivity index (χ3v) is 5.23. The van der Waals surface area contributed by atoms with Crippen LogP contribution in [0.25, 0.3) is 0 Å². The summed E-state index contributed by atoms with van der Waals surface area (Å²) in [5.74, 6) is -2.98. The standard InChI is InChI=1S/C12H22O17P2/c13-1-4(14)7(16)8(17)5(15)2-27-31(24,25)29-11-10(19)9(18)6(28-12(11)20)3-26-30(21,22)23/h4,6-11,13-14,16-19H,1-3H2,(H,24,25)(H2,21,22,23)/t4-,6+,7+,8+,9+,10-,11+/m0/s1. The number of aliphatic hydroxyl groups is 6. The Bertz CT molecular complexity index is 722. The summed E-state index contributed by atoms with van der Waals surface area (Å²) in [6, 6.07) is 0. The second kappa shape index (κ2) is 11.3. The normalized spacial score (nSPS) is 29.5. The van der Waals surface area contributed by atoms with Crippen molar-refractivity contribution in [2.45, 2.75) is 42.7 Å². The zero-order chi connectivity index (χ0) is 24.1. The third kappa shape index (κ3) is 8.53. The molecular weight excluding hydrogens is 478 g/mol. The van der Waals surface area contributed by atoms with Crippen molar-refractivity contribution < 1.29 is 82.3 Å². The van der Waals surface area contributed by atoms with E-state index in [1.165, 1.54) is 0 Å². The number of esters is 1. The van der Waals surface area contributed by atoms with Gasteiger partial charge in [0.1, 0.15) is 37.1 Å². The summed E-state index contributed by atoms with van der Waals surface area (Å²) < 4.78 is 39.7. The van der Waals surface area contributed by atoms with Crippen molar-refractivity contribution in [3.63, 3.8) is 0 Å². The van der Waals surface area contributed by atoms with E-state index >= 15 is 0 Å². The van der Waals surface area contributed by atoms with Crippen LogP contribution in [0.5, 0.6) is 0 Å². The summed E-state index contributed by atoms with van der Waals surface area (Å²) in [6.07, 6.45) is -14.8. The van der Waals surface area contributed by atoms with Crippen molar-refractivity contribution >= 4 is 27.4 Å². The van der Waals surface area contributed by atoms with Crippen molar-refractivity contribution in [3.05, 3.63) is 0 Å². The molecule has 0 aliphatic carbocycles. The monoisotopic (exact) mass is 500 g/mol. The molecule has 1 fully saturated rings. The molecule has 17 nitrogen and oxygen atoms in total. The second-order valence-corrected chi connectivity index (χ2v) is 8.81. The van der Waals surface area contributed by atoms with Crippen LogP contribution in [-0.2, 0) is 37.0 Å². The molecule has 1 heterocycles. The van der Waals surface area contributed by atoms with Crippen LogP contribution in [0, 0.1) is 0 Å². The molecule has 19 heteroatoms. The molecule has 1 aliphatic rings. The van der Waals surface area contributed by atoms with Gasteiger partial charge in [0.15, 0.2) is 18.0 Å². The Balaban J connectivity index is 2.70. The number of ether oxygens (including phenoxy) is 1. The number of rotatable bonds is 12. The Morgan fingerprint density at radius 2 is 1.65 bits per heavy atom. The molecule has 0 aromatic heterocycles. The first-order valence-electron chi connectivity index (χ1n) is 8.20. The van der Waals surface area contributed by atoms with Gasteiger partial charge in [-0.2, -0.15) is 0 Å². The van der Waals surface area contributed by atoms with E-state index in [2.05, 4.69) is 18.3 Å². The highest BCUT2D eigenvalue weighted by atomic mass is 31.2. The number of Topliss-reactive ketones (excluding diaryl/α,β-unsaturated/α-hetero) is 1. The van der Waals surface area contributed by atoms with Crippen molar-refractivity contribution in [2.75, 3.05) is 19.8 Å². The van der Waals surface area contributed by atoms with Crippen LogP contribution in [0.15, 0.2) is 0 Å². The fourth-order valence-electron chi connectivity index (χ4n) is 2.15. The van der Waals surface area contributed by atoms with Crippen LogP contribution in [0.2, 0.25) is 0 Å². The van der Waals surface area contributed by atoms with E-state index in [-0.39, 0.29) is 0 Å². The zero-order valence-corrected chi connectivity index (χ0v) is 17.1. The van der Waals surface area contributed by atoms with E-state index in [1.54, 1.807) is 0 Å². The number of hydrogen-bond donors (Lipinski definition) is 9. The van der Waals surface area contributed by atoms with Crippen molar-refractivity contribution in [2.24, 2.45) is 0 Å². The summed E-state index contributed by atoms with van der Waals surface area (Å²) in [5, 5.41) is 56.4. The molecule has 31 heavy (non-hydrogen) atoms.